The molecule has 142 valence electrons. The van der Waals surface area contributed by atoms with Gasteiger partial charge in [0.2, 0.25) is 0 Å². The van der Waals surface area contributed by atoms with E-state index >= 15 is 0 Å². The normalized spacial score (nSPS) is 19.1. The van der Waals surface area contributed by atoms with Crippen molar-refractivity contribution in [3.8, 4) is 5.69 Å². The summed E-state index contributed by atoms with van der Waals surface area (Å²) in [6.07, 6.45) is 1.14. The van der Waals surface area contributed by atoms with E-state index in [0.29, 0.717) is 0 Å². The highest BCUT2D eigenvalue weighted by atomic mass is 19.2. The Morgan fingerprint density at radius 3 is 2.63 bits per heavy atom. The Hall–Kier alpha value is -3.37. The van der Waals surface area contributed by atoms with Crippen molar-refractivity contribution in [1.82, 2.24) is 30.9 Å². The first-order chi connectivity index (χ1) is 12.7. The molecule has 2 heterocycles. The summed E-state index contributed by atoms with van der Waals surface area (Å²) in [5, 5.41) is 15.0. The minimum absolute atomic E-state index is 0.0941. The molecule has 3 N–H and O–H groups in total. The number of nitrogens with one attached hydrogen (secondary N) is 3. The lowest BCUT2D eigenvalue weighted by Gasteiger charge is -2.30. The summed E-state index contributed by atoms with van der Waals surface area (Å²) in [6.45, 7) is 3.31. The third-order valence-corrected chi connectivity index (χ3v) is 4.34. The van der Waals surface area contributed by atoms with E-state index in [1.807, 2.05) is 0 Å². The highest BCUT2D eigenvalue weighted by Crippen LogP contribution is 2.20. The Morgan fingerprint density at radius 2 is 2.04 bits per heavy atom. The minimum atomic E-state index is -1.27. The van der Waals surface area contributed by atoms with Crippen LogP contribution in [0.25, 0.3) is 5.69 Å². The maximum Gasteiger partial charge on any atom is 0.322 e. The highest BCUT2D eigenvalue weighted by Gasteiger charge is 2.48. The molecule has 9 nitrogen and oxygen atoms in total. The zero-order valence-corrected chi connectivity index (χ0v) is 14.4. The second-order valence-electron chi connectivity index (χ2n) is 6.33. The van der Waals surface area contributed by atoms with Crippen molar-refractivity contribution in [3.05, 3.63) is 41.7 Å². The Balaban J connectivity index is 1.73. The average Bonchev–Trinajstić information content (AvgIpc) is 3.20. The van der Waals surface area contributed by atoms with Crippen LogP contribution in [0.4, 0.5) is 13.6 Å². The summed E-state index contributed by atoms with van der Waals surface area (Å²) < 4.78 is 26.3. The number of rotatable bonds is 5. The van der Waals surface area contributed by atoms with Gasteiger partial charge in [-0.1, -0.05) is 13.8 Å². The van der Waals surface area contributed by atoms with Crippen LogP contribution in [0, 0.1) is 17.6 Å². The van der Waals surface area contributed by atoms with Crippen molar-refractivity contribution in [2.45, 2.75) is 19.4 Å². The zero-order valence-electron chi connectivity index (χ0n) is 14.4. The van der Waals surface area contributed by atoms with E-state index in [1.165, 1.54) is 6.07 Å². The van der Waals surface area contributed by atoms with Crippen molar-refractivity contribution in [2.75, 3.05) is 6.54 Å². The predicted octanol–water partition coefficient (Wildman–Crippen LogP) is 0.510. The van der Waals surface area contributed by atoms with Gasteiger partial charge in [0.25, 0.3) is 11.8 Å². The number of halogens is 2. The van der Waals surface area contributed by atoms with Gasteiger partial charge in [0.15, 0.2) is 17.3 Å². The van der Waals surface area contributed by atoms with Gasteiger partial charge in [-0.3, -0.25) is 14.9 Å². The van der Waals surface area contributed by atoms with Crippen molar-refractivity contribution in [1.29, 1.82) is 0 Å². The molecule has 3 rings (SSSR count). The number of benzene rings is 1. The lowest BCUT2D eigenvalue weighted by molar-refractivity contribution is -0.125. The molecule has 0 bridgehead atoms. The molecule has 1 atom stereocenters. The number of carbonyl (C=O) groups is 3. The standard InChI is InChI=1S/C16H16F2N6O3/c1-8(2)16(14(26)21-15(27)22-16)7-19-13(25)12-6-20-24(23-12)9-3-4-10(17)11(18)5-9/h3-6,8H,7H2,1-2H3,(H,19,25)(H2,21,22,26,27). The van der Waals surface area contributed by atoms with Gasteiger partial charge in [-0.15, -0.1) is 5.10 Å². The maximum absolute atomic E-state index is 13.3. The van der Waals surface area contributed by atoms with Gasteiger partial charge >= 0.3 is 6.03 Å². The van der Waals surface area contributed by atoms with E-state index in [2.05, 4.69) is 26.1 Å². The number of hydrogen-bond acceptors (Lipinski definition) is 5. The summed E-state index contributed by atoms with van der Waals surface area (Å²) >= 11 is 0. The molecule has 1 aromatic carbocycles. The zero-order chi connectivity index (χ0) is 19.8. The van der Waals surface area contributed by atoms with E-state index in [4.69, 9.17) is 0 Å². The number of carbonyl (C=O) groups excluding carboxylic acids is 3. The van der Waals surface area contributed by atoms with Crippen LogP contribution in [0.15, 0.2) is 24.4 Å². The lowest BCUT2D eigenvalue weighted by atomic mass is 9.86. The second-order valence-corrected chi connectivity index (χ2v) is 6.33. The Kier molecular flexibility index (Phi) is 4.60. The monoisotopic (exact) mass is 378 g/mol. The van der Waals surface area contributed by atoms with Crippen LogP contribution < -0.4 is 16.0 Å². The quantitative estimate of drug-likeness (QED) is 0.655. The molecule has 11 heteroatoms. The number of hydrogen-bond donors (Lipinski definition) is 3. The molecule has 1 aliphatic rings. The minimum Gasteiger partial charge on any atom is -0.348 e. The molecule has 2 aromatic rings. The van der Waals surface area contributed by atoms with Crippen LogP contribution in [0.2, 0.25) is 0 Å². The van der Waals surface area contributed by atoms with Gasteiger partial charge in [0.05, 0.1) is 18.4 Å². The molecule has 1 fully saturated rings. The number of nitrogens with zero attached hydrogens (tertiary/aromatic N) is 3. The molecule has 1 aliphatic heterocycles. The van der Waals surface area contributed by atoms with Gasteiger partial charge in [-0.2, -0.15) is 9.90 Å². The SMILES string of the molecule is CC(C)C1(CNC(=O)c2cnn(-c3ccc(F)c(F)c3)n2)NC(=O)NC1=O. The van der Waals surface area contributed by atoms with E-state index < -0.39 is 35.0 Å². The molecular formula is C16H16F2N6O3. The number of urea groups is 1. The Labute approximate surface area is 152 Å². The third kappa shape index (κ3) is 3.35. The molecule has 0 aliphatic carbocycles. The molecule has 0 spiro atoms. The van der Waals surface area contributed by atoms with Crippen LogP contribution in [0.5, 0.6) is 0 Å². The summed E-state index contributed by atoms with van der Waals surface area (Å²) in [6, 6.07) is 2.43. The molecule has 1 saturated heterocycles. The van der Waals surface area contributed by atoms with E-state index in [1.54, 1.807) is 13.8 Å². The van der Waals surface area contributed by atoms with Crippen LogP contribution in [0.1, 0.15) is 24.3 Å². The van der Waals surface area contributed by atoms with E-state index in [9.17, 15) is 23.2 Å². The summed E-state index contributed by atoms with van der Waals surface area (Å²) in [4.78, 5) is 36.8. The van der Waals surface area contributed by atoms with Crippen LogP contribution in [0.3, 0.4) is 0 Å². The smallest absolute Gasteiger partial charge is 0.322 e. The van der Waals surface area contributed by atoms with Crippen molar-refractivity contribution in [2.24, 2.45) is 5.92 Å². The van der Waals surface area contributed by atoms with Crippen molar-refractivity contribution >= 4 is 17.8 Å². The van der Waals surface area contributed by atoms with Gasteiger partial charge in [-0.25, -0.2) is 13.6 Å². The number of aromatic nitrogens is 3. The van der Waals surface area contributed by atoms with E-state index in [-0.39, 0.29) is 23.8 Å². The highest BCUT2D eigenvalue weighted by molar-refractivity contribution is 6.07. The fourth-order valence-corrected chi connectivity index (χ4v) is 2.65. The van der Waals surface area contributed by atoms with E-state index in [0.717, 1.165) is 23.1 Å². The van der Waals surface area contributed by atoms with Crippen LogP contribution in [-0.4, -0.2) is 44.9 Å². The summed E-state index contributed by atoms with van der Waals surface area (Å²) in [5.74, 6) is -3.55. The van der Waals surface area contributed by atoms with Gasteiger partial charge in [0.1, 0.15) is 5.54 Å². The first-order valence-corrected chi connectivity index (χ1v) is 8.02. The van der Waals surface area contributed by atoms with Gasteiger partial charge in [-0.05, 0) is 18.1 Å². The fraction of sp³-hybridized carbons (Fsp3) is 0.312. The molecule has 1 unspecified atom stereocenters. The number of imide groups is 1. The molecular weight excluding hydrogens is 362 g/mol. The van der Waals surface area contributed by atoms with Gasteiger partial charge in [0, 0.05) is 6.07 Å². The Morgan fingerprint density at radius 1 is 1.30 bits per heavy atom. The molecule has 27 heavy (non-hydrogen) atoms. The van der Waals surface area contributed by atoms with Crippen LogP contribution in [-0.2, 0) is 4.79 Å². The van der Waals surface area contributed by atoms with Crippen molar-refractivity contribution < 1.29 is 23.2 Å². The second kappa shape index (κ2) is 6.74. The third-order valence-electron chi connectivity index (χ3n) is 4.34. The molecule has 1 aromatic heterocycles. The summed E-state index contributed by atoms with van der Waals surface area (Å²) in [5.41, 5.74) is -1.24. The average molecular weight is 378 g/mol. The Bertz CT molecular complexity index is 929. The van der Waals surface area contributed by atoms with Gasteiger partial charge < -0.3 is 10.6 Å². The van der Waals surface area contributed by atoms with Crippen LogP contribution >= 0.6 is 0 Å². The lowest BCUT2D eigenvalue weighted by Crippen LogP contribution is -2.58. The largest absolute Gasteiger partial charge is 0.348 e. The first kappa shape index (κ1) is 18.4. The number of amides is 4. The molecule has 4 amide bonds. The predicted molar refractivity (Wildman–Crippen MR) is 87.9 cm³/mol. The first-order valence-electron chi connectivity index (χ1n) is 8.02. The fourth-order valence-electron chi connectivity index (χ4n) is 2.65. The van der Waals surface area contributed by atoms with Crippen molar-refractivity contribution in [3.63, 3.8) is 0 Å². The molecule has 0 saturated carbocycles. The summed E-state index contributed by atoms with van der Waals surface area (Å²) in [7, 11) is 0. The molecule has 0 radical (unpaired) electrons. The topological polar surface area (TPSA) is 118 Å². The maximum atomic E-state index is 13.3.